The molecule has 0 unspecified atom stereocenters. The van der Waals surface area contributed by atoms with Crippen molar-refractivity contribution in [2.24, 2.45) is 0 Å². The topological polar surface area (TPSA) is 108 Å². The molecule has 0 saturated carbocycles. The third-order valence-corrected chi connectivity index (χ3v) is 4.48. The lowest BCUT2D eigenvalue weighted by Gasteiger charge is -2.21. The van der Waals surface area contributed by atoms with Gasteiger partial charge in [-0.25, -0.2) is 0 Å². The lowest BCUT2D eigenvalue weighted by Crippen LogP contribution is -2.43. The number of rotatable bonds is 7. The van der Waals surface area contributed by atoms with Crippen LogP contribution in [-0.4, -0.2) is 58.7 Å². The second kappa shape index (κ2) is 8.95. The standard InChI is InChI=1S/C18H28N4O4/c1-5-19-17(24)15-8-13(9-22(15)7-6-11(2)3)20-18(25)16-14(10-23)12(4)26-21-16/h6,13,15,23H,5,7-10H2,1-4H3,(H,19,24)(H,20,25)/t13-,15-/m0/s1. The highest BCUT2D eigenvalue weighted by Crippen LogP contribution is 2.20. The van der Waals surface area contributed by atoms with E-state index in [1.54, 1.807) is 6.92 Å². The molecule has 1 aromatic rings. The van der Waals surface area contributed by atoms with Gasteiger partial charge in [0.25, 0.3) is 5.91 Å². The molecule has 8 heteroatoms. The van der Waals surface area contributed by atoms with E-state index in [2.05, 4.69) is 26.8 Å². The van der Waals surface area contributed by atoms with Gasteiger partial charge in [0.15, 0.2) is 5.69 Å². The zero-order valence-corrected chi connectivity index (χ0v) is 15.8. The van der Waals surface area contributed by atoms with Crippen molar-refractivity contribution in [1.82, 2.24) is 20.7 Å². The molecule has 1 aliphatic rings. The third-order valence-electron chi connectivity index (χ3n) is 4.48. The number of aromatic nitrogens is 1. The second-order valence-electron chi connectivity index (χ2n) is 6.78. The zero-order chi connectivity index (χ0) is 19.3. The fourth-order valence-corrected chi connectivity index (χ4v) is 3.08. The Morgan fingerprint density at radius 3 is 2.77 bits per heavy atom. The summed E-state index contributed by atoms with van der Waals surface area (Å²) in [5.41, 5.74) is 1.67. The number of hydrogen-bond acceptors (Lipinski definition) is 6. The fraction of sp³-hybridized carbons (Fsp3) is 0.611. The van der Waals surface area contributed by atoms with Crippen molar-refractivity contribution in [3.05, 3.63) is 28.7 Å². The van der Waals surface area contributed by atoms with E-state index in [1.807, 2.05) is 20.8 Å². The van der Waals surface area contributed by atoms with Crippen molar-refractivity contribution in [1.29, 1.82) is 0 Å². The number of nitrogens with one attached hydrogen (secondary N) is 2. The molecule has 0 aliphatic carbocycles. The van der Waals surface area contributed by atoms with Gasteiger partial charge >= 0.3 is 0 Å². The van der Waals surface area contributed by atoms with Crippen LogP contribution in [0, 0.1) is 6.92 Å². The summed E-state index contributed by atoms with van der Waals surface area (Å²) >= 11 is 0. The molecule has 2 rings (SSSR count). The van der Waals surface area contributed by atoms with Gasteiger partial charge in [0.2, 0.25) is 5.91 Å². The Morgan fingerprint density at radius 1 is 1.42 bits per heavy atom. The van der Waals surface area contributed by atoms with Crippen molar-refractivity contribution in [2.75, 3.05) is 19.6 Å². The maximum Gasteiger partial charge on any atom is 0.274 e. The molecule has 0 radical (unpaired) electrons. The molecule has 8 nitrogen and oxygen atoms in total. The van der Waals surface area contributed by atoms with Crippen molar-refractivity contribution < 1.29 is 19.2 Å². The Balaban J connectivity index is 2.08. The molecule has 1 fully saturated rings. The monoisotopic (exact) mass is 364 g/mol. The van der Waals surface area contributed by atoms with Crippen LogP contribution in [0.2, 0.25) is 0 Å². The number of hydrogen-bond donors (Lipinski definition) is 3. The minimum absolute atomic E-state index is 0.0280. The highest BCUT2D eigenvalue weighted by molar-refractivity contribution is 5.94. The smallest absolute Gasteiger partial charge is 0.274 e. The maximum atomic E-state index is 12.5. The highest BCUT2D eigenvalue weighted by Gasteiger charge is 2.37. The summed E-state index contributed by atoms with van der Waals surface area (Å²) in [5.74, 6) is 0.00352. The number of carbonyl (C=O) groups excluding carboxylic acids is 2. The molecule has 2 heterocycles. The lowest BCUT2D eigenvalue weighted by atomic mass is 10.1. The molecule has 2 atom stereocenters. The molecule has 0 aromatic carbocycles. The number of amides is 2. The van der Waals surface area contributed by atoms with E-state index < -0.39 is 5.91 Å². The van der Waals surface area contributed by atoms with Crippen LogP contribution in [0.4, 0.5) is 0 Å². The van der Waals surface area contributed by atoms with Gasteiger partial charge in [-0.15, -0.1) is 0 Å². The van der Waals surface area contributed by atoms with E-state index >= 15 is 0 Å². The molecule has 1 saturated heterocycles. The Hall–Kier alpha value is -2.19. The fourth-order valence-electron chi connectivity index (χ4n) is 3.08. The second-order valence-corrected chi connectivity index (χ2v) is 6.78. The van der Waals surface area contributed by atoms with Gasteiger partial charge in [-0.2, -0.15) is 0 Å². The van der Waals surface area contributed by atoms with Crippen molar-refractivity contribution >= 4 is 11.8 Å². The van der Waals surface area contributed by atoms with Crippen molar-refractivity contribution in [3.8, 4) is 0 Å². The van der Waals surface area contributed by atoms with Gasteiger partial charge < -0.3 is 20.3 Å². The molecule has 26 heavy (non-hydrogen) atoms. The van der Waals surface area contributed by atoms with E-state index in [0.717, 1.165) is 0 Å². The van der Waals surface area contributed by atoms with Gasteiger partial charge in [0.1, 0.15) is 5.76 Å². The molecule has 2 amide bonds. The average Bonchev–Trinajstić information content (AvgIpc) is 3.16. The number of aryl methyl sites for hydroxylation is 1. The first-order valence-corrected chi connectivity index (χ1v) is 8.89. The Bertz CT molecular complexity index is 679. The van der Waals surface area contributed by atoms with Gasteiger partial charge in [0.05, 0.1) is 18.2 Å². The van der Waals surface area contributed by atoms with E-state index in [9.17, 15) is 14.7 Å². The van der Waals surface area contributed by atoms with Crippen molar-refractivity contribution in [2.45, 2.75) is 52.8 Å². The van der Waals surface area contributed by atoms with E-state index in [4.69, 9.17) is 4.52 Å². The molecule has 1 aromatic heterocycles. The lowest BCUT2D eigenvalue weighted by molar-refractivity contribution is -0.125. The summed E-state index contributed by atoms with van der Waals surface area (Å²) in [6, 6.07) is -0.462. The maximum absolute atomic E-state index is 12.5. The predicted octanol–water partition coefficient (Wildman–Crippen LogP) is 0.750. The molecular formula is C18H28N4O4. The molecule has 0 bridgehead atoms. The molecule has 144 valence electrons. The first kappa shape index (κ1) is 20.1. The van der Waals surface area contributed by atoms with Crippen LogP contribution in [0.5, 0.6) is 0 Å². The van der Waals surface area contributed by atoms with Gasteiger partial charge in [-0.05, 0) is 34.1 Å². The van der Waals surface area contributed by atoms with Crippen LogP contribution >= 0.6 is 0 Å². The summed E-state index contributed by atoms with van der Waals surface area (Å²) in [6.07, 6.45) is 2.60. The zero-order valence-electron chi connectivity index (χ0n) is 15.8. The summed E-state index contributed by atoms with van der Waals surface area (Å²) in [5, 5.41) is 18.9. The molecule has 0 spiro atoms. The van der Waals surface area contributed by atoms with Crippen LogP contribution in [0.3, 0.4) is 0 Å². The number of nitrogens with zero attached hydrogens (tertiary/aromatic N) is 2. The van der Waals surface area contributed by atoms with Crippen molar-refractivity contribution in [3.63, 3.8) is 0 Å². The quantitative estimate of drug-likeness (QED) is 0.616. The van der Waals surface area contributed by atoms with Crippen LogP contribution in [0.25, 0.3) is 0 Å². The predicted molar refractivity (Wildman–Crippen MR) is 96.5 cm³/mol. The first-order chi connectivity index (χ1) is 12.4. The minimum Gasteiger partial charge on any atom is -0.391 e. The number of allylic oxidation sites excluding steroid dienone is 1. The Morgan fingerprint density at radius 2 is 2.15 bits per heavy atom. The molecule has 3 N–H and O–H groups in total. The highest BCUT2D eigenvalue weighted by atomic mass is 16.5. The van der Waals surface area contributed by atoms with Gasteiger partial charge in [-0.3, -0.25) is 14.5 Å². The number of likely N-dealkylation sites (tertiary alicyclic amines) is 1. The first-order valence-electron chi connectivity index (χ1n) is 8.89. The number of aliphatic hydroxyl groups is 1. The normalized spacial score (nSPS) is 20.0. The molecular weight excluding hydrogens is 336 g/mol. The largest absolute Gasteiger partial charge is 0.391 e. The Labute approximate surface area is 153 Å². The van der Waals surface area contributed by atoms with Gasteiger partial charge in [-0.1, -0.05) is 16.8 Å². The van der Waals surface area contributed by atoms with Crippen LogP contribution in [0.1, 0.15) is 49.0 Å². The van der Waals surface area contributed by atoms with Crippen LogP contribution < -0.4 is 10.6 Å². The van der Waals surface area contributed by atoms with Gasteiger partial charge in [0, 0.05) is 25.7 Å². The summed E-state index contributed by atoms with van der Waals surface area (Å²) < 4.78 is 5.00. The van der Waals surface area contributed by atoms with E-state index in [0.29, 0.717) is 37.4 Å². The summed E-state index contributed by atoms with van der Waals surface area (Å²) in [7, 11) is 0. The van der Waals surface area contributed by atoms with E-state index in [-0.39, 0.29) is 30.3 Å². The number of aliphatic hydroxyl groups excluding tert-OH is 1. The SMILES string of the molecule is CCNC(=O)[C@@H]1C[C@H](NC(=O)c2noc(C)c2CO)CN1CC=C(C)C. The average molecular weight is 364 g/mol. The Kier molecular flexibility index (Phi) is 6.93. The van der Waals surface area contributed by atoms with Crippen LogP contribution in [-0.2, 0) is 11.4 Å². The third kappa shape index (κ3) is 4.70. The van der Waals surface area contributed by atoms with E-state index in [1.165, 1.54) is 5.57 Å². The molecule has 1 aliphatic heterocycles. The number of carbonyl (C=O) groups is 2. The summed E-state index contributed by atoms with van der Waals surface area (Å²) in [6.45, 7) is 9.05. The summed E-state index contributed by atoms with van der Waals surface area (Å²) in [4.78, 5) is 26.9. The van der Waals surface area contributed by atoms with Crippen LogP contribution in [0.15, 0.2) is 16.2 Å². The number of likely N-dealkylation sites (N-methyl/N-ethyl adjacent to an activating group) is 1. The minimum atomic E-state index is -0.394.